The zero-order chi connectivity index (χ0) is 22.4. The largest absolute Gasteiger partial charge is 0.356 e. The normalized spacial score (nSPS) is 16.4. The number of rotatable bonds is 4. The zero-order valence-corrected chi connectivity index (χ0v) is 18.6. The summed E-state index contributed by atoms with van der Waals surface area (Å²) >= 11 is 0. The SMILES string of the molecule is Cc1c(Cc2ccc(F)cc2)c(N2CC[C@H](N(C)C)C2)n2c(nc3ccccc32)c1C#N. The predicted octanol–water partition coefficient (Wildman–Crippen LogP) is 4.54. The molecule has 5 nitrogen and oxygen atoms in total. The van der Waals surface area contributed by atoms with Gasteiger partial charge in [-0.2, -0.15) is 5.26 Å². The van der Waals surface area contributed by atoms with Crippen LogP contribution in [0.15, 0.2) is 48.5 Å². The first-order valence-corrected chi connectivity index (χ1v) is 11.0. The van der Waals surface area contributed by atoms with E-state index in [9.17, 15) is 9.65 Å². The number of nitriles is 1. The summed E-state index contributed by atoms with van der Waals surface area (Å²) < 4.78 is 15.7. The van der Waals surface area contributed by atoms with E-state index in [0.717, 1.165) is 53.1 Å². The number of hydrogen-bond donors (Lipinski definition) is 0. The Morgan fingerprint density at radius 3 is 2.59 bits per heavy atom. The molecule has 4 aromatic rings. The number of nitrogens with zero attached hydrogens (tertiary/aromatic N) is 5. The lowest BCUT2D eigenvalue weighted by molar-refractivity contribution is 0.315. The Morgan fingerprint density at radius 1 is 1.16 bits per heavy atom. The minimum absolute atomic E-state index is 0.243. The van der Waals surface area contributed by atoms with E-state index in [0.29, 0.717) is 23.7 Å². The Kier molecular flexibility index (Phi) is 5.07. The van der Waals surface area contributed by atoms with Gasteiger partial charge in [-0.3, -0.25) is 4.40 Å². The number of likely N-dealkylation sites (N-methyl/N-ethyl adjacent to an activating group) is 1. The summed E-state index contributed by atoms with van der Waals surface area (Å²) in [6.07, 6.45) is 1.71. The van der Waals surface area contributed by atoms with Gasteiger partial charge in [-0.25, -0.2) is 9.37 Å². The number of hydrogen-bond acceptors (Lipinski definition) is 4. The van der Waals surface area contributed by atoms with Gasteiger partial charge in [-0.15, -0.1) is 0 Å². The van der Waals surface area contributed by atoms with E-state index in [1.165, 1.54) is 12.1 Å². The van der Waals surface area contributed by atoms with E-state index in [-0.39, 0.29) is 5.82 Å². The third-order valence-electron chi connectivity index (χ3n) is 6.69. The number of pyridine rings is 1. The van der Waals surface area contributed by atoms with Gasteiger partial charge in [-0.1, -0.05) is 24.3 Å². The van der Waals surface area contributed by atoms with Crippen molar-refractivity contribution >= 4 is 22.5 Å². The van der Waals surface area contributed by atoms with Crippen LogP contribution >= 0.6 is 0 Å². The first kappa shape index (κ1) is 20.5. The molecule has 0 amide bonds. The topological polar surface area (TPSA) is 47.6 Å². The second kappa shape index (κ2) is 7.92. The summed E-state index contributed by atoms with van der Waals surface area (Å²) in [5, 5.41) is 10.1. The first-order chi connectivity index (χ1) is 15.5. The second-order valence-electron chi connectivity index (χ2n) is 8.83. The maximum Gasteiger partial charge on any atom is 0.157 e. The van der Waals surface area contributed by atoms with Crippen molar-refractivity contribution in [1.82, 2.24) is 14.3 Å². The third kappa shape index (κ3) is 3.30. The minimum Gasteiger partial charge on any atom is -0.356 e. The lowest BCUT2D eigenvalue weighted by Gasteiger charge is -2.27. The predicted molar refractivity (Wildman–Crippen MR) is 126 cm³/mol. The molecule has 3 heterocycles. The molecule has 162 valence electrons. The van der Waals surface area contributed by atoms with Gasteiger partial charge in [0.1, 0.15) is 17.7 Å². The Morgan fingerprint density at radius 2 is 1.91 bits per heavy atom. The molecule has 0 N–H and O–H groups in total. The van der Waals surface area contributed by atoms with E-state index in [4.69, 9.17) is 4.98 Å². The summed E-state index contributed by atoms with van der Waals surface area (Å²) in [5.74, 6) is 0.853. The van der Waals surface area contributed by atoms with Gasteiger partial charge in [0.25, 0.3) is 0 Å². The molecule has 1 saturated heterocycles. The molecule has 2 aromatic carbocycles. The molecule has 32 heavy (non-hydrogen) atoms. The van der Waals surface area contributed by atoms with Crippen LogP contribution in [0.4, 0.5) is 10.2 Å². The molecule has 0 spiro atoms. The van der Waals surface area contributed by atoms with E-state index >= 15 is 0 Å². The van der Waals surface area contributed by atoms with Crippen LogP contribution in [0.5, 0.6) is 0 Å². The van der Waals surface area contributed by atoms with Crippen LogP contribution in [-0.2, 0) is 6.42 Å². The van der Waals surface area contributed by atoms with Crippen molar-refractivity contribution in [2.75, 3.05) is 32.1 Å². The van der Waals surface area contributed by atoms with Crippen molar-refractivity contribution in [2.24, 2.45) is 0 Å². The highest BCUT2D eigenvalue weighted by Gasteiger charge is 2.30. The quantitative estimate of drug-likeness (QED) is 0.480. The fourth-order valence-electron chi connectivity index (χ4n) is 4.87. The van der Waals surface area contributed by atoms with E-state index < -0.39 is 0 Å². The van der Waals surface area contributed by atoms with Crippen LogP contribution < -0.4 is 4.90 Å². The molecule has 1 atom stereocenters. The molecule has 0 aliphatic carbocycles. The van der Waals surface area contributed by atoms with Crippen LogP contribution in [0.3, 0.4) is 0 Å². The highest BCUT2D eigenvalue weighted by atomic mass is 19.1. The lowest BCUT2D eigenvalue weighted by atomic mass is 9.97. The first-order valence-electron chi connectivity index (χ1n) is 11.0. The van der Waals surface area contributed by atoms with E-state index in [1.54, 1.807) is 0 Å². The van der Waals surface area contributed by atoms with Gasteiger partial charge in [0, 0.05) is 31.1 Å². The van der Waals surface area contributed by atoms with Gasteiger partial charge in [0.2, 0.25) is 0 Å². The van der Waals surface area contributed by atoms with Crippen molar-refractivity contribution in [2.45, 2.75) is 25.8 Å². The molecular formula is C26H26FN5. The number of imidazole rings is 1. The fourth-order valence-corrected chi connectivity index (χ4v) is 4.87. The molecule has 0 bridgehead atoms. The number of fused-ring (bicyclic) bond motifs is 3. The van der Waals surface area contributed by atoms with Crippen molar-refractivity contribution in [3.05, 3.63) is 76.6 Å². The van der Waals surface area contributed by atoms with Crippen LogP contribution in [-0.4, -0.2) is 47.5 Å². The number of benzene rings is 2. The number of aromatic nitrogens is 2. The van der Waals surface area contributed by atoms with Crippen molar-refractivity contribution in [1.29, 1.82) is 5.26 Å². The van der Waals surface area contributed by atoms with Crippen molar-refractivity contribution < 1.29 is 4.39 Å². The van der Waals surface area contributed by atoms with Gasteiger partial charge >= 0.3 is 0 Å². The minimum atomic E-state index is -0.243. The number of halogens is 1. The van der Waals surface area contributed by atoms with Crippen LogP contribution in [0.25, 0.3) is 16.7 Å². The molecule has 1 aliphatic rings. The highest BCUT2D eigenvalue weighted by Crippen LogP contribution is 2.36. The van der Waals surface area contributed by atoms with Crippen molar-refractivity contribution in [3.63, 3.8) is 0 Å². The van der Waals surface area contributed by atoms with Crippen LogP contribution in [0, 0.1) is 24.1 Å². The Balaban J connectivity index is 1.80. The zero-order valence-electron chi connectivity index (χ0n) is 18.6. The molecule has 0 unspecified atom stereocenters. The standard InChI is InChI=1S/C26H26FN5/c1-17-21(14-18-8-10-19(27)11-9-18)26(31-13-12-20(16-31)30(2)3)32-24-7-5-4-6-23(24)29-25(32)22(17)15-28/h4-11,20H,12-14,16H2,1-3H3/t20-/m0/s1. The maximum atomic E-state index is 13.5. The summed E-state index contributed by atoms with van der Waals surface area (Å²) in [6.45, 7) is 3.86. The summed E-state index contributed by atoms with van der Waals surface area (Å²) in [5.41, 5.74) is 6.26. The summed E-state index contributed by atoms with van der Waals surface area (Å²) in [6, 6.07) is 17.6. The van der Waals surface area contributed by atoms with Gasteiger partial charge in [0.15, 0.2) is 5.65 Å². The molecule has 1 fully saturated rings. The monoisotopic (exact) mass is 427 g/mol. The Bertz CT molecular complexity index is 1350. The second-order valence-corrected chi connectivity index (χ2v) is 8.83. The average molecular weight is 428 g/mol. The Labute approximate surface area is 187 Å². The highest BCUT2D eigenvalue weighted by molar-refractivity contribution is 5.86. The number of anilines is 1. The molecule has 1 aliphatic heterocycles. The smallest absolute Gasteiger partial charge is 0.157 e. The van der Waals surface area contributed by atoms with Crippen LogP contribution in [0.2, 0.25) is 0 Å². The molecular weight excluding hydrogens is 401 g/mol. The van der Waals surface area contributed by atoms with E-state index in [2.05, 4.69) is 40.4 Å². The third-order valence-corrected chi connectivity index (χ3v) is 6.69. The fraction of sp³-hybridized carbons (Fsp3) is 0.308. The molecule has 2 aromatic heterocycles. The number of para-hydroxylation sites is 2. The molecule has 5 rings (SSSR count). The van der Waals surface area contributed by atoms with Crippen molar-refractivity contribution in [3.8, 4) is 6.07 Å². The lowest BCUT2D eigenvalue weighted by Crippen LogP contribution is -2.32. The maximum absolute atomic E-state index is 13.5. The molecule has 0 radical (unpaired) electrons. The van der Waals surface area contributed by atoms with Gasteiger partial charge in [-0.05, 0) is 62.8 Å². The Hall–Kier alpha value is -3.43. The summed E-state index contributed by atoms with van der Waals surface area (Å²) in [4.78, 5) is 9.55. The van der Waals surface area contributed by atoms with Gasteiger partial charge < -0.3 is 9.80 Å². The van der Waals surface area contributed by atoms with Crippen LogP contribution in [0.1, 0.15) is 28.7 Å². The van der Waals surface area contributed by atoms with Gasteiger partial charge in [0.05, 0.1) is 16.6 Å². The average Bonchev–Trinajstić information content (AvgIpc) is 3.41. The summed E-state index contributed by atoms with van der Waals surface area (Å²) in [7, 11) is 4.25. The molecule has 0 saturated carbocycles. The molecule has 6 heteroatoms. The van der Waals surface area contributed by atoms with E-state index in [1.807, 2.05) is 37.3 Å².